The quantitative estimate of drug-likeness (QED) is 0.459. The van der Waals surface area contributed by atoms with Gasteiger partial charge >= 0.3 is 5.69 Å². The van der Waals surface area contributed by atoms with E-state index < -0.39 is 26.4 Å². The average molecular weight is 401 g/mol. The number of pyridine rings is 1. The van der Waals surface area contributed by atoms with Gasteiger partial charge in [-0.3, -0.25) is 19.8 Å². The summed E-state index contributed by atoms with van der Waals surface area (Å²) in [6.07, 6.45) is 1.64. The Morgan fingerprint density at radius 3 is 2.64 bits per heavy atom. The Hall–Kier alpha value is -3.66. The zero-order valence-corrected chi connectivity index (χ0v) is 15.2. The molecule has 0 aliphatic carbocycles. The van der Waals surface area contributed by atoms with Crippen molar-refractivity contribution in [2.45, 2.75) is 11.5 Å². The number of nitrogens with one attached hydrogen (secondary N) is 1. The van der Waals surface area contributed by atoms with Crippen molar-refractivity contribution in [2.75, 3.05) is 4.72 Å². The molecule has 28 heavy (non-hydrogen) atoms. The lowest BCUT2D eigenvalue weighted by molar-refractivity contribution is -0.386. The lowest BCUT2D eigenvalue weighted by Gasteiger charge is -2.11. The zero-order chi connectivity index (χ0) is 20.1. The van der Waals surface area contributed by atoms with E-state index in [2.05, 4.69) is 9.71 Å². The van der Waals surface area contributed by atoms with E-state index in [4.69, 9.17) is 4.74 Å². The van der Waals surface area contributed by atoms with E-state index in [0.717, 1.165) is 18.2 Å². The molecule has 9 nitrogen and oxygen atoms in total. The molecule has 144 valence electrons. The predicted molar refractivity (Wildman–Crippen MR) is 101 cm³/mol. The largest absolute Gasteiger partial charge is 0.502 e. The number of aromatic hydroxyl groups is 1. The number of nitro benzene ring substituents is 1. The van der Waals surface area contributed by atoms with Crippen molar-refractivity contribution in [2.24, 2.45) is 0 Å². The van der Waals surface area contributed by atoms with Crippen LogP contribution in [0, 0.1) is 10.1 Å². The van der Waals surface area contributed by atoms with Crippen LogP contribution in [0.3, 0.4) is 0 Å². The number of anilines is 1. The zero-order valence-electron chi connectivity index (χ0n) is 14.3. The van der Waals surface area contributed by atoms with E-state index >= 15 is 0 Å². The number of hydrogen-bond donors (Lipinski definition) is 2. The molecule has 0 spiro atoms. The van der Waals surface area contributed by atoms with Crippen LogP contribution in [0.4, 0.5) is 11.4 Å². The maximum absolute atomic E-state index is 12.5. The Balaban J connectivity index is 1.77. The number of aromatic nitrogens is 1. The van der Waals surface area contributed by atoms with Gasteiger partial charge in [0.1, 0.15) is 12.4 Å². The van der Waals surface area contributed by atoms with E-state index in [0.29, 0.717) is 11.4 Å². The molecule has 0 bridgehead atoms. The number of hydrogen-bond acceptors (Lipinski definition) is 7. The monoisotopic (exact) mass is 401 g/mol. The summed E-state index contributed by atoms with van der Waals surface area (Å²) in [6, 6.07) is 14.5. The Bertz CT molecular complexity index is 1100. The van der Waals surface area contributed by atoms with E-state index in [1.807, 2.05) is 6.07 Å². The molecule has 0 fully saturated rings. The number of sulfonamides is 1. The van der Waals surface area contributed by atoms with Crippen LogP contribution in [-0.2, 0) is 16.6 Å². The summed E-state index contributed by atoms with van der Waals surface area (Å²) in [5, 5.41) is 20.4. The van der Waals surface area contributed by atoms with Crippen LogP contribution in [0.15, 0.2) is 71.8 Å². The van der Waals surface area contributed by atoms with E-state index in [9.17, 15) is 23.6 Å². The topological polar surface area (TPSA) is 132 Å². The molecule has 0 radical (unpaired) electrons. The van der Waals surface area contributed by atoms with Crippen molar-refractivity contribution in [3.8, 4) is 11.5 Å². The number of phenols is 1. The molecular formula is C18H15N3O6S. The first-order valence-electron chi connectivity index (χ1n) is 7.98. The van der Waals surface area contributed by atoms with Crippen LogP contribution in [0.5, 0.6) is 11.5 Å². The number of benzene rings is 2. The molecule has 0 aliphatic heterocycles. The third-order valence-corrected chi connectivity index (χ3v) is 5.03. The standard InChI is InChI=1S/C18H15N3O6S/c22-18-8-7-16(11-17(18)21(23)24)28(25,26)20-13-5-3-6-15(10-13)27-12-14-4-1-2-9-19-14/h1-11,20,22H,12H2. The van der Waals surface area contributed by atoms with Gasteiger partial charge in [0.05, 0.1) is 21.2 Å². The number of nitrogens with zero attached hydrogens (tertiary/aromatic N) is 2. The fourth-order valence-electron chi connectivity index (χ4n) is 2.32. The first-order chi connectivity index (χ1) is 13.3. The molecule has 0 atom stereocenters. The third kappa shape index (κ3) is 4.54. The Labute approximate surface area is 160 Å². The van der Waals surface area contributed by atoms with Gasteiger partial charge in [-0.1, -0.05) is 12.1 Å². The van der Waals surface area contributed by atoms with Gasteiger partial charge in [-0.25, -0.2) is 8.42 Å². The fraction of sp³-hybridized carbons (Fsp3) is 0.0556. The maximum atomic E-state index is 12.5. The van der Waals surface area contributed by atoms with Crippen molar-refractivity contribution >= 4 is 21.4 Å². The highest BCUT2D eigenvalue weighted by Crippen LogP contribution is 2.29. The second kappa shape index (κ2) is 7.92. The Morgan fingerprint density at radius 1 is 1.11 bits per heavy atom. The lowest BCUT2D eigenvalue weighted by Crippen LogP contribution is -2.13. The number of nitro groups is 1. The highest BCUT2D eigenvalue weighted by molar-refractivity contribution is 7.92. The van der Waals surface area contributed by atoms with Crippen LogP contribution in [0.2, 0.25) is 0 Å². The van der Waals surface area contributed by atoms with Crippen LogP contribution < -0.4 is 9.46 Å². The minimum absolute atomic E-state index is 0.210. The summed E-state index contributed by atoms with van der Waals surface area (Å²) in [4.78, 5) is 13.8. The minimum Gasteiger partial charge on any atom is -0.502 e. The number of phenolic OH excluding ortho intramolecular Hbond substituents is 1. The Morgan fingerprint density at radius 2 is 1.93 bits per heavy atom. The van der Waals surface area contributed by atoms with Gasteiger partial charge in [-0.15, -0.1) is 0 Å². The van der Waals surface area contributed by atoms with Crippen LogP contribution >= 0.6 is 0 Å². The van der Waals surface area contributed by atoms with Crippen molar-refractivity contribution in [3.63, 3.8) is 0 Å². The van der Waals surface area contributed by atoms with Gasteiger partial charge in [0.25, 0.3) is 10.0 Å². The molecule has 0 saturated heterocycles. The van der Waals surface area contributed by atoms with Gasteiger partial charge in [-0.05, 0) is 36.4 Å². The summed E-state index contributed by atoms with van der Waals surface area (Å²) in [7, 11) is -4.10. The predicted octanol–water partition coefficient (Wildman–Crippen LogP) is 3.08. The normalized spacial score (nSPS) is 11.0. The maximum Gasteiger partial charge on any atom is 0.312 e. The second-order valence-electron chi connectivity index (χ2n) is 5.65. The molecule has 1 heterocycles. The summed E-state index contributed by atoms with van der Waals surface area (Å²) in [6.45, 7) is 0.210. The van der Waals surface area contributed by atoms with Crippen molar-refractivity contribution in [1.29, 1.82) is 0 Å². The third-order valence-electron chi connectivity index (χ3n) is 3.65. The Kier molecular flexibility index (Phi) is 5.41. The molecule has 2 N–H and O–H groups in total. The van der Waals surface area contributed by atoms with Crippen LogP contribution in [0.1, 0.15) is 5.69 Å². The minimum atomic E-state index is -4.10. The van der Waals surface area contributed by atoms with Gasteiger partial charge in [0.2, 0.25) is 0 Å². The highest BCUT2D eigenvalue weighted by Gasteiger charge is 2.21. The van der Waals surface area contributed by atoms with Crippen molar-refractivity contribution < 1.29 is 23.2 Å². The van der Waals surface area contributed by atoms with E-state index in [1.165, 1.54) is 12.1 Å². The van der Waals surface area contributed by atoms with Gasteiger partial charge in [0.15, 0.2) is 5.75 Å². The molecular weight excluding hydrogens is 386 g/mol. The first-order valence-corrected chi connectivity index (χ1v) is 9.46. The molecule has 0 saturated carbocycles. The summed E-state index contributed by atoms with van der Waals surface area (Å²) < 4.78 is 33.0. The summed E-state index contributed by atoms with van der Waals surface area (Å²) >= 11 is 0. The molecule has 3 aromatic rings. The molecule has 2 aromatic carbocycles. The van der Waals surface area contributed by atoms with Crippen molar-refractivity contribution in [3.05, 3.63) is 82.7 Å². The molecule has 0 aliphatic rings. The number of ether oxygens (including phenoxy) is 1. The molecule has 0 amide bonds. The smallest absolute Gasteiger partial charge is 0.312 e. The van der Waals surface area contributed by atoms with E-state index in [1.54, 1.807) is 30.5 Å². The second-order valence-corrected chi connectivity index (χ2v) is 7.33. The first kappa shape index (κ1) is 19.1. The summed E-state index contributed by atoms with van der Waals surface area (Å²) in [5.74, 6) is -0.198. The highest BCUT2D eigenvalue weighted by atomic mass is 32.2. The summed E-state index contributed by atoms with van der Waals surface area (Å²) in [5.41, 5.74) is 0.231. The molecule has 3 rings (SSSR count). The van der Waals surface area contributed by atoms with Gasteiger partial charge in [0, 0.05) is 18.3 Å². The van der Waals surface area contributed by atoms with E-state index in [-0.39, 0.29) is 17.2 Å². The van der Waals surface area contributed by atoms with Gasteiger partial charge in [-0.2, -0.15) is 0 Å². The fourth-order valence-corrected chi connectivity index (χ4v) is 3.39. The lowest BCUT2D eigenvalue weighted by atomic mass is 10.3. The average Bonchev–Trinajstić information content (AvgIpc) is 2.67. The molecule has 10 heteroatoms. The van der Waals surface area contributed by atoms with Crippen LogP contribution in [0.25, 0.3) is 0 Å². The SMILES string of the molecule is O=[N+]([O-])c1cc(S(=O)(=O)Nc2cccc(OCc3ccccn3)c2)ccc1O. The number of rotatable bonds is 7. The molecule has 0 unspecified atom stereocenters. The van der Waals surface area contributed by atoms with Crippen molar-refractivity contribution in [1.82, 2.24) is 4.98 Å². The van der Waals surface area contributed by atoms with Gasteiger partial charge < -0.3 is 9.84 Å². The molecule has 1 aromatic heterocycles. The van der Waals surface area contributed by atoms with Crippen LogP contribution in [-0.4, -0.2) is 23.4 Å².